The summed E-state index contributed by atoms with van der Waals surface area (Å²) < 4.78 is 0. The van der Waals surface area contributed by atoms with Gasteiger partial charge in [0.05, 0.1) is 5.69 Å². The zero-order valence-corrected chi connectivity index (χ0v) is 22.2. The van der Waals surface area contributed by atoms with E-state index in [9.17, 15) is 9.90 Å². The normalized spacial score (nSPS) is 17.9. The SMILES string of the molecule is NC(=O)N(c1ccc(O)cc1CN1CCC(Cc2ccccc2)CC1)C1CCN(Cc2ccccc2)CC1. The van der Waals surface area contributed by atoms with Crippen molar-refractivity contribution in [3.05, 3.63) is 95.6 Å². The Morgan fingerprint density at radius 2 is 1.37 bits per heavy atom. The van der Waals surface area contributed by atoms with E-state index in [1.54, 1.807) is 11.0 Å². The molecule has 0 aliphatic carbocycles. The summed E-state index contributed by atoms with van der Waals surface area (Å²) in [5, 5.41) is 10.3. The zero-order valence-electron chi connectivity index (χ0n) is 22.2. The number of primary amides is 1. The van der Waals surface area contributed by atoms with Crippen LogP contribution in [0.4, 0.5) is 10.5 Å². The minimum absolute atomic E-state index is 0.0550. The number of rotatable bonds is 8. The Morgan fingerprint density at radius 3 is 2.00 bits per heavy atom. The number of hydrogen-bond donors (Lipinski definition) is 2. The smallest absolute Gasteiger partial charge is 0.319 e. The van der Waals surface area contributed by atoms with Crippen LogP contribution in [0.3, 0.4) is 0 Å². The maximum atomic E-state index is 12.8. The maximum absolute atomic E-state index is 12.8. The van der Waals surface area contributed by atoms with Crippen LogP contribution in [0.15, 0.2) is 78.9 Å². The molecule has 0 atom stereocenters. The number of aromatic hydroxyl groups is 1. The number of benzene rings is 3. The Bertz CT molecular complexity index is 1170. The van der Waals surface area contributed by atoms with Gasteiger partial charge >= 0.3 is 6.03 Å². The third-order valence-corrected chi connectivity index (χ3v) is 8.20. The van der Waals surface area contributed by atoms with Crippen molar-refractivity contribution in [2.24, 2.45) is 11.7 Å². The number of urea groups is 1. The summed E-state index contributed by atoms with van der Waals surface area (Å²) in [6.07, 6.45) is 5.19. The molecule has 0 aromatic heterocycles. The van der Waals surface area contributed by atoms with Gasteiger partial charge in [-0.3, -0.25) is 14.7 Å². The molecule has 2 saturated heterocycles. The fourth-order valence-electron chi connectivity index (χ4n) is 6.14. The molecule has 0 radical (unpaired) electrons. The summed E-state index contributed by atoms with van der Waals surface area (Å²) in [5.41, 5.74) is 10.5. The standard InChI is InChI=1S/C32H40N4O2/c33-32(38)36(29-15-19-34(20-16-29)23-27-9-5-2-6-10-27)31-12-11-30(37)22-28(31)24-35-17-13-26(14-18-35)21-25-7-3-1-4-8-25/h1-12,22,26,29,37H,13-21,23-24H2,(H2,33,38). The van der Waals surface area contributed by atoms with E-state index in [4.69, 9.17) is 5.73 Å². The Hall–Kier alpha value is -3.35. The summed E-state index contributed by atoms with van der Waals surface area (Å²) in [6.45, 7) is 5.51. The van der Waals surface area contributed by atoms with Crippen LogP contribution in [0.1, 0.15) is 42.4 Å². The van der Waals surface area contributed by atoms with Crippen molar-refractivity contribution < 1.29 is 9.90 Å². The van der Waals surface area contributed by atoms with Gasteiger partial charge in [-0.15, -0.1) is 0 Å². The molecular formula is C32H40N4O2. The summed E-state index contributed by atoms with van der Waals surface area (Å²) in [4.78, 5) is 19.5. The molecule has 2 aliphatic heterocycles. The lowest BCUT2D eigenvalue weighted by molar-refractivity contribution is 0.176. The van der Waals surface area contributed by atoms with Crippen LogP contribution in [0.5, 0.6) is 5.75 Å². The van der Waals surface area contributed by atoms with Crippen molar-refractivity contribution in [1.82, 2.24) is 9.80 Å². The van der Waals surface area contributed by atoms with E-state index in [0.29, 0.717) is 12.5 Å². The van der Waals surface area contributed by atoms with Crippen LogP contribution in [-0.4, -0.2) is 53.2 Å². The molecule has 0 spiro atoms. The molecule has 2 heterocycles. The predicted molar refractivity (Wildman–Crippen MR) is 153 cm³/mol. The number of amides is 2. The first-order valence-corrected chi connectivity index (χ1v) is 14.0. The van der Waals surface area contributed by atoms with Gasteiger partial charge in [0.25, 0.3) is 0 Å². The van der Waals surface area contributed by atoms with E-state index >= 15 is 0 Å². The van der Waals surface area contributed by atoms with Gasteiger partial charge in [-0.05, 0) is 86.0 Å². The molecule has 2 fully saturated rings. The average molecular weight is 513 g/mol. The van der Waals surface area contributed by atoms with Crippen molar-refractivity contribution in [1.29, 1.82) is 0 Å². The molecule has 38 heavy (non-hydrogen) atoms. The van der Waals surface area contributed by atoms with Gasteiger partial charge < -0.3 is 10.8 Å². The Balaban J connectivity index is 1.22. The summed E-state index contributed by atoms with van der Waals surface area (Å²) >= 11 is 0. The number of nitrogens with two attached hydrogens (primary N) is 1. The van der Waals surface area contributed by atoms with Gasteiger partial charge in [0.2, 0.25) is 0 Å². The van der Waals surface area contributed by atoms with Crippen LogP contribution in [0.2, 0.25) is 0 Å². The number of nitrogens with zero attached hydrogens (tertiary/aromatic N) is 3. The number of anilines is 1. The molecular weight excluding hydrogens is 472 g/mol. The molecule has 6 heteroatoms. The summed E-state index contributed by atoms with van der Waals surface area (Å²) in [6, 6.07) is 26.3. The van der Waals surface area contributed by atoms with Crippen LogP contribution in [-0.2, 0) is 19.5 Å². The van der Waals surface area contributed by atoms with E-state index < -0.39 is 6.03 Å². The van der Waals surface area contributed by atoms with Crippen molar-refractivity contribution in [2.45, 2.75) is 51.2 Å². The highest BCUT2D eigenvalue weighted by atomic mass is 16.3. The van der Waals surface area contributed by atoms with Gasteiger partial charge in [-0.2, -0.15) is 0 Å². The van der Waals surface area contributed by atoms with Crippen molar-refractivity contribution in [3.63, 3.8) is 0 Å². The molecule has 3 aromatic carbocycles. The molecule has 3 N–H and O–H groups in total. The lowest BCUT2D eigenvalue weighted by Gasteiger charge is -2.39. The van der Waals surface area contributed by atoms with E-state index in [0.717, 1.165) is 76.1 Å². The third-order valence-electron chi connectivity index (χ3n) is 8.20. The van der Waals surface area contributed by atoms with E-state index in [-0.39, 0.29) is 11.8 Å². The van der Waals surface area contributed by atoms with Gasteiger partial charge in [-0.25, -0.2) is 4.79 Å². The van der Waals surface area contributed by atoms with Crippen molar-refractivity contribution >= 4 is 11.7 Å². The molecule has 0 saturated carbocycles. The molecule has 2 amide bonds. The first-order chi connectivity index (χ1) is 18.5. The zero-order chi connectivity index (χ0) is 26.3. The van der Waals surface area contributed by atoms with E-state index in [1.807, 2.05) is 18.2 Å². The van der Waals surface area contributed by atoms with Gasteiger partial charge in [0.15, 0.2) is 0 Å². The Morgan fingerprint density at radius 1 is 0.789 bits per heavy atom. The lowest BCUT2D eigenvalue weighted by Crippen LogP contribution is -2.50. The molecule has 0 bridgehead atoms. The van der Waals surface area contributed by atoms with Crippen molar-refractivity contribution in [3.8, 4) is 5.75 Å². The second kappa shape index (κ2) is 12.5. The topological polar surface area (TPSA) is 73.0 Å². The Kier molecular flexibility index (Phi) is 8.61. The lowest BCUT2D eigenvalue weighted by atomic mass is 9.90. The average Bonchev–Trinajstić information content (AvgIpc) is 2.93. The molecule has 200 valence electrons. The fraction of sp³-hybridized carbons (Fsp3) is 0.406. The summed E-state index contributed by atoms with van der Waals surface area (Å²) in [7, 11) is 0. The quantitative estimate of drug-likeness (QED) is 0.424. The minimum Gasteiger partial charge on any atom is -0.508 e. The Labute approximate surface area is 226 Å². The van der Waals surface area contributed by atoms with Crippen LogP contribution in [0.25, 0.3) is 0 Å². The van der Waals surface area contributed by atoms with Crippen LogP contribution in [0, 0.1) is 5.92 Å². The molecule has 6 nitrogen and oxygen atoms in total. The minimum atomic E-state index is -0.417. The van der Waals surface area contributed by atoms with Crippen LogP contribution >= 0.6 is 0 Å². The highest BCUT2D eigenvalue weighted by Crippen LogP contribution is 2.32. The number of carbonyl (C=O) groups excluding carboxylic acids is 1. The highest BCUT2D eigenvalue weighted by molar-refractivity contribution is 5.92. The number of phenolic OH excluding ortho intramolecular Hbond substituents is 1. The second-order valence-electron chi connectivity index (χ2n) is 10.9. The number of likely N-dealkylation sites (tertiary alicyclic amines) is 2. The predicted octanol–water partition coefficient (Wildman–Crippen LogP) is 5.40. The maximum Gasteiger partial charge on any atom is 0.319 e. The van der Waals surface area contributed by atoms with Gasteiger partial charge in [0.1, 0.15) is 5.75 Å². The molecule has 5 rings (SSSR count). The summed E-state index contributed by atoms with van der Waals surface area (Å²) in [5.74, 6) is 0.922. The number of hydrogen-bond acceptors (Lipinski definition) is 4. The molecule has 3 aromatic rings. The van der Waals surface area contributed by atoms with Crippen LogP contribution < -0.4 is 10.6 Å². The van der Waals surface area contributed by atoms with E-state index in [2.05, 4.69) is 64.4 Å². The first-order valence-electron chi connectivity index (χ1n) is 14.0. The number of piperidine rings is 2. The van der Waals surface area contributed by atoms with E-state index in [1.165, 1.54) is 11.1 Å². The van der Waals surface area contributed by atoms with Gasteiger partial charge in [0, 0.05) is 32.2 Å². The largest absolute Gasteiger partial charge is 0.508 e. The van der Waals surface area contributed by atoms with Crippen molar-refractivity contribution in [2.75, 3.05) is 31.1 Å². The molecule has 0 unspecified atom stereocenters. The monoisotopic (exact) mass is 512 g/mol. The highest BCUT2D eigenvalue weighted by Gasteiger charge is 2.30. The number of phenols is 1. The van der Waals surface area contributed by atoms with Gasteiger partial charge in [-0.1, -0.05) is 60.7 Å². The first kappa shape index (κ1) is 26.3. The second-order valence-corrected chi connectivity index (χ2v) is 10.9. The third kappa shape index (κ3) is 6.74. The number of carbonyl (C=O) groups is 1. The fourth-order valence-corrected chi connectivity index (χ4v) is 6.14. The molecule has 2 aliphatic rings.